The van der Waals surface area contributed by atoms with Crippen molar-refractivity contribution < 1.29 is 14.3 Å². The maximum Gasteiger partial charge on any atom is 0.308 e. The number of hydrogen-bond donors (Lipinski definition) is 0. The lowest BCUT2D eigenvalue weighted by atomic mass is 9.91. The monoisotopic (exact) mass is 422 g/mol. The first-order valence-electron chi connectivity index (χ1n) is 10.6. The van der Waals surface area contributed by atoms with Crippen molar-refractivity contribution >= 4 is 5.97 Å². The van der Waals surface area contributed by atoms with Crippen LogP contribution in [-0.2, 0) is 4.79 Å². The summed E-state index contributed by atoms with van der Waals surface area (Å²) in [5, 5.41) is 0. The zero-order valence-corrected chi connectivity index (χ0v) is 18.8. The topological polar surface area (TPSA) is 35.5 Å². The lowest BCUT2D eigenvalue weighted by molar-refractivity contribution is -0.131. The molecule has 3 heteroatoms. The van der Waals surface area contributed by atoms with E-state index in [2.05, 4.69) is 43.3 Å². The summed E-state index contributed by atoms with van der Waals surface area (Å²) in [4.78, 5) is 11.8. The lowest BCUT2D eigenvalue weighted by Gasteiger charge is -2.18. The highest BCUT2D eigenvalue weighted by molar-refractivity contribution is 5.85. The molecule has 0 fully saturated rings. The smallest absolute Gasteiger partial charge is 0.308 e. The third-order valence-electron chi connectivity index (χ3n) is 5.50. The van der Waals surface area contributed by atoms with E-state index < -0.39 is 0 Å². The zero-order valence-electron chi connectivity index (χ0n) is 18.8. The van der Waals surface area contributed by atoms with Crippen molar-refractivity contribution in [2.24, 2.45) is 0 Å². The summed E-state index contributed by atoms with van der Waals surface area (Å²) >= 11 is 0. The molecule has 0 saturated heterocycles. The van der Waals surface area contributed by atoms with Gasteiger partial charge in [-0.1, -0.05) is 60.7 Å². The fourth-order valence-electron chi connectivity index (χ4n) is 4.10. The van der Waals surface area contributed by atoms with Crippen LogP contribution in [0.25, 0.3) is 33.4 Å². The molecule has 32 heavy (non-hydrogen) atoms. The molecule has 4 aromatic carbocycles. The molecule has 3 nitrogen and oxygen atoms in total. The minimum atomic E-state index is -0.329. The van der Waals surface area contributed by atoms with E-state index in [0.29, 0.717) is 5.75 Å². The summed E-state index contributed by atoms with van der Waals surface area (Å²) in [5.74, 6) is 1.14. The van der Waals surface area contributed by atoms with Crippen LogP contribution < -0.4 is 9.47 Å². The first-order chi connectivity index (χ1) is 15.5. The van der Waals surface area contributed by atoms with Crippen molar-refractivity contribution in [3.05, 3.63) is 96.1 Å². The molecule has 4 aromatic rings. The Labute approximate surface area is 189 Å². The zero-order chi connectivity index (χ0) is 22.7. The Balaban J connectivity index is 1.93. The summed E-state index contributed by atoms with van der Waals surface area (Å²) in [7, 11) is 1.71. The highest BCUT2D eigenvalue weighted by Crippen LogP contribution is 2.41. The minimum absolute atomic E-state index is 0.329. The largest absolute Gasteiger partial charge is 0.496 e. The van der Waals surface area contributed by atoms with Crippen LogP contribution in [0, 0.1) is 13.8 Å². The number of rotatable bonds is 5. The molecule has 160 valence electrons. The van der Waals surface area contributed by atoms with Gasteiger partial charge >= 0.3 is 5.97 Å². The lowest BCUT2D eigenvalue weighted by Crippen LogP contribution is -2.04. The SMILES string of the molecule is COc1c(C)cc(-c2cc(C)c(OC(C)=O)c(-c3ccccc3)c2)cc1-c1ccccc1. The summed E-state index contributed by atoms with van der Waals surface area (Å²) in [6.07, 6.45) is 0. The Morgan fingerprint density at radius 2 is 1.06 bits per heavy atom. The van der Waals surface area contributed by atoms with Gasteiger partial charge in [0.2, 0.25) is 0 Å². The highest BCUT2D eigenvalue weighted by atomic mass is 16.5. The predicted octanol–water partition coefficient (Wildman–Crippen LogP) is 7.24. The van der Waals surface area contributed by atoms with Gasteiger partial charge in [0, 0.05) is 18.1 Å². The Kier molecular flexibility index (Phi) is 6.09. The highest BCUT2D eigenvalue weighted by Gasteiger charge is 2.17. The number of methoxy groups -OCH3 is 1. The fourth-order valence-corrected chi connectivity index (χ4v) is 4.10. The van der Waals surface area contributed by atoms with Gasteiger partial charge in [-0.3, -0.25) is 4.79 Å². The van der Waals surface area contributed by atoms with E-state index in [0.717, 1.165) is 50.3 Å². The maximum absolute atomic E-state index is 11.8. The van der Waals surface area contributed by atoms with Crippen LogP contribution in [-0.4, -0.2) is 13.1 Å². The quantitative estimate of drug-likeness (QED) is 0.251. The number of carbonyl (C=O) groups excluding carboxylic acids is 1. The molecule has 0 N–H and O–H groups in total. The number of esters is 1. The van der Waals surface area contributed by atoms with Gasteiger partial charge in [-0.25, -0.2) is 0 Å². The molecule has 0 bridgehead atoms. The standard InChI is InChI=1S/C29H26O3/c1-19-15-24(17-26(28(19)31-4)22-11-7-5-8-12-22)25-16-20(2)29(32-21(3)30)27(18-25)23-13-9-6-10-14-23/h5-18H,1-4H3. The van der Waals surface area contributed by atoms with E-state index in [-0.39, 0.29) is 5.97 Å². The summed E-state index contributed by atoms with van der Waals surface area (Å²) in [5.41, 5.74) is 8.15. The average molecular weight is 423 g/mol. The van der Waals surface area contributed by atoms with Crippen LogP contribution in [0.3, 0.4) is 0 Å². The minimum Gasteiger partial charge on any atom is -0.496 e. The first kappa shape index (κ1) is 21.4. The molecule has 0 amide bonds. The Bertz CT molecular complexity index is 1260. The van der Waals surface area contributed by atoms with Crippen molar-refractivity contribution in [1.82, 2.24) is 0 Å². The molecule has 0 unspecified atom stereocenters. The molecule has 0 aliphatic carbocycles. The Hall–Kier alpha value is -3.85. The fraction of sp³-hybridized carbons (Fsp3) is 0.138. The van der Waals surface area contributed by atoms with Gasteiger partial charge in [-0.2, -0.15) is 0 Å². The number of ether oxygens (including phenoxy) is 2. The number of aryl methyl sites for hydroxylation is 2. The average Bonchev–Trinajstić information content (AvgIpc) is 2.80. The van der Waals surface area contributed by atoms with Crippen LogP contribution in [0.4, 0.5) is 0 Å². The van der Waals surface area contributed by atoms with Crippen molar-refractivity contribution in [2.45, 2.75) is 20.8 Å². The van der Waals surface area contributed by atoms with E-state index in [1.165, 1.54) is 6.92 Å². The van der Waals surface area contributed by atoms with Crippen molar-refractivity contribution in [1.29, 1.82) is 0 Å². The van der Waals surface area contributed by atoms with Gasteiger partial charge in [0.1, 0.15) is 11.5 Å². The van der Waals surface area contributed by atoms with E-state index in [4.69, 9.17) is 9.47 Å². The third-order valence-corrected chi connectivity index (χ3v) is 5.50. The molecule has 0 spiro atoms. The number of hydrogen-bond acceptors (Lipinski definition) is 3. The Morgan fingerprint density at radius 3 is 1.50 bits per heavy atom. The van der Waals surface area contributed by atoms with E-state index in [1.54, 1.807) is 7.11 Å². The van der Waals surface area contributed by atoms with Crippen molar-refractivity contribution in [2.75, 3.05) is 7.11 Å². The normalized spacial score (nSPS) is 10.6. The van der Waals surface area contributed by atoms with Crippen molar-refractivity contribution in [3.8, 4) is 44.9 Å². The first-order valence-corrected chi connectivity index (χ1v) is 10.6. The molecule has 0 saturated carbocycles. The van der Waals surface area contributed by atoms with Crippen LogP contribution in [0.5, 0.6) is 11.5 Å². The number of carbonyl (C=O) groups is 1. The van der Waals surface area contributed by atoms with Crippen LogP contribution in [0.2, 0.25) is 0 Å². The van der Waals surface area contributed by atoms with E-state index >= 15 is 0 Å². The molecular weight excluding hydrogens is 396 g/mol. The van der Waals surface area contributed by atoms with Crippen molar-refractivity contribution in [3.63, 3.8) is 0 Å². The molecule has 0 radical (unpaired) electrons. The van der Waals surface area contributed by atoms with Crippen LogP contribution in [0.1, 0.15) is 18.1 Å². The molecule has 0 aliphatic heterocycles. The summed E-state index contributed by atoms with van der Waals surface area (Å²) in [6.45, 7) is 5.47. The van der Waals surface area contributed by atoms with Gasteiger partial charge < -0.3 is 9.47 Å². The Morgan fingerprint density at radius 1 is 0.625 bits per heavy atom. The van der Waals surface area contributed by atoms with Crippen LogP contribution >= 0.6 is 0 Å². The third kappa shape index (κ3) is 4.28. The molecule has 0 atom stereocenters. The summed E-state index contributed by atoms with van der Waals surface area (Å²) in [6, 6.07) is 28.7. The van der Waals surface area contributed by atoms with Crippen LogP contribution in [0.15, 0.2) is 84.9 Å². The summed E-state index contributed by atoms with van der Waals surface area (Å²) < 4.78 is 11.4. The molecule has 0 aromatic heterocycles. The molecular formula is C29H26O3. The van der Waals surface area contributed by atoms with Gasteiger partial charge in [-0.05, 0) is 71.5 Å². The second-order valence-corrected chi connectivity index (χ2v) is 7.87. The molecule has 4 rings (SSSR count). The second-order valence-electron chi connectivity index (χ2n) is 7.87. The van der Waals surface area contributed by atoms with Gasteiger partial charge in [0.05, 0.1) is 7.11 Å². The van der Waals surface area contributed by atoms with E-state index in [1.807, 2.05) is 55.5 Å². The van der Waals surface area contributed by atoms with Gasteiger partial charge in [-0.15, -0.1) is 0 Å². The predicted molar refractivity (Wildman–Crippen MR) is 130 cm³/mol. The van der Waals surface area contributed by atoms with Gasteiger partial charge in [0.15, 0.2) is 0 Å². The molecule has 0 heterocycles. The van der Waals surface area contributed by atoms with Gasteiger partial charge in [0.25, 0.3) is 0 Å². The second kappa shape index (κ2) is 9.11. The number of benzene rings is 4. The maximum atomic E-state index is 11.8. The van der Waals surface area contributed by atoms with E-state index in [9.17, 15) is 4.79 Å². The molecule has 0 aliphatic rings.